The standard InChI is InChI=1S/C10H20N2O4/c1-9-11(4-7-13)3-5-12(9,6-8-14)16-10(2)15/h13-14H,3-8H2,1-2H3/q+2. The number of carbonyl (C=O) groups excluding carboxylic acids is 1. The van der Waals surface area contributed by atoms with Crippen molar-refractivity contribution in [1.82, 2.24) is 0 Å². The van der Waals surface area contributed by atoms with Crippen LogP contribution in [-0.4, -0.2) is 70.6 Å². The molecule has 0 saturated heterocycles. The Morgan fingerprint density at radius 2 is 2.19 bits per heavy atom. The summed E-state index contributed by atoms with van der Waals surface area (Å²) in [5.41, 5.74) is 0. The summed E-state index contributed by atoms with van der Waals surface area (Å²) in [7, 11) is 0. The second kappa shape index (κ2) is 5.38. The van der Waals surface area contributed by atoms with Crippen LogP contribution in [-0.2, 0) is 9.63 Å². The van der Waals surface area contributed by atoms with E-state index < -0.39 is 0 Å². The molecule has 1 atom stereocenters. The smallest absolute Gasteiger partial charge is 0.377 e. The number of carbonyl (C=O) groups is 1. The highest BCUT2D eigenvalue weighted by atomic mass is 16.7. The van der Waals surface area contributed by atoms with Crippen molar-refractivity contribution in [2.24, 2.45) is 0 Å². The van der Waals surface area contributed by atoms with E-state index in [4.69, 9.17) is 15.1 Å². The molecular formula is C10H20N2O4+2. The van der Waals surface area contributed by atoms with E-state index in [1.807, 2.05) is 11.5 Å². The average molecular weight is 232 g/mol. The van der Waals surface area contributed by atoms with Gasteiger partial charge in [0.25, 0.3) is 0 Å². The molecule has 1 unspecified atom stereocenters. The Kier molecular flexibility index (Phi) is 4.40. The minimum Gasteiger partial charge on any atom is -0.390 e. The summed E-state index contributed by atoms with van der Waals surface area (Å²) in [6.07, 6.45) is 0. The van der Waals surface area contributed by atoms with Crippen LogP contribution in [0.15, 0.2) is 0 Å². The second-order valence-electron chi connectivity index (χ2n) is 3.90. The minimum absolute atomic E-state index is 0.0441. The van der Waals surface area contributed by atoms with Gasteiger partial charge in [-0.25, -0.2) is 4.79 Å². The molecule has 1 heterocycles. The number of rotatable bonds is 5. The lowest BCUT2D eigenvalue weighted by Crippen LogP contribution is -2.52. The normalized spacial score (nSPS) is 25.0. The van der Waals surface area contributed by atoms with Crippen molar-refractivity contribution < 1.29 is 29.1 Å². The van der Waals surface area contributed by atoms with E-state index in [-0.39, 0.29) is 23.8 Å². The van der Waals surface area contributed by atoms with Crippen molar-refractivity contribution in [2.75, 3.05) is 39.4 Å². The van der Waals surface area contributed by atoms with Crippen LogP contribution in [0.25, 0.3) is 0 Å². The highest BCUT2D eigenvalue weighted by Gasteiger charge is 2.48. The van der Waals surface area contributed by atoms with Crippen LogP contribution in [0.3, 0.4) is 0 Å². The van der Waals surface area contributed by atoms with Crippen molar-refractivity contribution in [3.63, 3.8) is 0 Å². The molecule has 0 fully saturated rings. The summed E-state index contributed by atoms with van der Waals surface area (Å²) >= 11 is 0. The van der Waals surface area contributed by atoms with Gasteiger partial charge in [0.1, 0.15) is 6.61 Å². The number of aliphatic hydroxyl groups excluding tert-OH is 2. The first kappa shape index (κ1) is 13.1. The molecule has 0 aliphatic carbocycles. The van der Waals surface area contributed by atoms with E-state index in [9.17, 15) is 4.79 Å². The Morgan fingerprint density at radius 3 is 2.69 bits per heavy atom. The molecule has 1 aliphatic heterocycles. The molecule has 0 saturated carbocycles. The maximum absolute atomic E-state index is 11.1. The molecule has 0 aromatic rings. The number of hydrogen-bond donors (Lipinski definition) is 2. The Balaban J connectivity index is 2.90. The lowest BCUT2D eigenvalue weighted by molar-refractivity contribution is -1.01. The van der Waals surface area contributed by atoms with Crippen LogP contribution in [0, 0.1) is 0 Å². The highest BCUT2D eigenvalue weighted by molar-refractivity contribution is 5.70. The van der Waals surface area contributed by atoms with Gasteiger partial charge in [-0.3, -0.25) is 4.84 Å². The molecule has 0 spiro atoms. The molecule has 1 aliphatic rings. The summed E-state index contributed by atoms with van der Waals surface area (Å²) in [6.45, 7) is 5.46. The van der Waals surface area contributed by atoms with Crippen LogP contribution >= 0.6 is 0 Å². The number of nitrogens with zero attached hydrogens (tertiary/aromatic N) is 2. The van der Waals surface area contributed by atoms with E-state index >= 15 is 0 Å². The third kappa shape index (κ3) is 2.58. The zero-order valence-corrected chi connectivity index (χ0v) is 9.85. The first-order chi connectivity index (χ1) is 7.55. The second-order valence-corrected chi connectivity index (χ2v) is 3.90. The van der Waals surface area contributed by atoms with E-state index in [0.717, 1.165) is 12.4 Å². The Morgan fingerprint density at radius 1 is 1.50 bits per heavy atom. The lowest BCUT2D eigenvalue weighted by Gasteiger charge is -2.24. The van der Waals surface area contributed by atoms with Crippen molar-refractivity contribution >= 4 is 11.8 Å². The Hall–Kier alpha value is -0.980. The molecule has 0 aromatic carbocycles. The molecule has 0 radical (unpaired) electrons. The van der Waals surface area contributed by atoms with Crippen LogP contribution in [0.4, 0.5) is 0 Å². The minimum atomic E-state index is -0.362. The Bertz CT molecular complexity index is 303. The fourth-order valence-electron chi connectivity index (χ4n) is 2.10. The van der Waals surface area contributed by atoms with E-state index in [0.29, 0.717) is 19.6 Å². The van der Waals surface area contributed by atoms with Gasteiger partial charge in [0.15, 0.2) is 19.6 Å². The van der Waals surface area contributed by atoms with Gasteiger partial charge in [-0.2, -0.15) is 4.58 Å². The quantitative estimate of drug-likeness (QED) is 0.457. The fourth-order valence-corrected chi connectivity index (χ4v) is 2.10. The molecule has 0 bridgehead atoms. The number of hydrogen-bond acceptors (Lipinski definition) is 4. The number of quaternary nitrogens is 1. The van der Waals surface area contributed by atoms with Crippen LogP contribution in [0.2, 0.25) is 0 Å². The predicted molar refractivity (Wildman–Crippen MR) is 56.6 cm³/mol. The monoisotopic (exact) mass is 232 g/mol. The van der Waals surface area contributed by atoms with Crippen molar-refractivity contribution in [3.8, 4) is 0 Å². The van der Waals surface area contributed by atoms with Crippen molar-refractivity contribution in [3.05, 3.63) is 0 Å². The van der Waals surface area contributed by atoms with E-state index in [1.54, 1.807) is 0 Å². The molecule has 2 N–H and O–H groups in total. The van der Waals surface area contributed by atoms with Crippen LogP contribution < -0.4 is 0 Å². The summed E-state index contributed by atoms with van der Waals surface area (Å²) in [4.78, 5) is 16.4. The maximum atomic E-state index is 11.1. The molecule has 0 amide bonds. The third-order valence-corrected chi connectivity index (χ3v) is 2.91. The topological polar surface area (TPSA) is 69.8 Å². The van der Waals surface area contributed by atoms with Gasteiger partial charge in [-0.05, 0) is 4.65 Å². The van der Waals surface area contributed by atoms with Crippen molar-refractivity contribution in [2.45, 2.75) is 13.8 Å². The average Bonchev–Trinajstić information content (AvgIpc) is 2.47. The number of β-amino-alcohol motifs (C(OH)–C–C–N with tert-alkyl or cyclic N) is 1. The zero-order chi connectivity index (χ0) is 12.2. The molecule has 6 heteroatoms. The van der Waals surface area contributed by atoms with Crippen LogP contribution in [0.1, 0.15) is 13.8 Å². The van der Waals surface area contributed by atoms with Gasteiger partial charge in [-0.15, -0.1) is 0 Å². The summed E-state index contributed by atoms with van der Waals surface area (Å²) < 4.78 is 2.02. The molecule has 16 heavy (non-hydrogen) atoms. The molecule has 92 valence electrons. The molecule has 1 rings (SSSR count). The lowest BCUT2D eigenvalue weighted by atomic mass is 10.4. The van der Waals surface area contributed by atoms with Gasteiger partial charge in [-0.1, -0.05) is 0 Å². The van der Waals surface area contributed by atoms with E-state index in [2.05, 4.69) is 0 Å². The third-order valence-electron chi connectivity index (χ3n) is 2.91. The summed E-state index contributed by atoms with van der Waals surface area (Å²) in [6, 6.07) is 0. The zero-order valence-electron chi connectivity index (χ0n) is 9.85. The van der Waals surface area contributed by atoms with Gasteiger partial charge in [0, 0.05) is 6.92 Å². The number of amidine groups is 1. The number of hydroxylamine groups is 3. The Labute approximate surface area is 94.9 Å². The SMILES string of the molecule is CC(=O)O[N+]1(CCO)CC[N+](CCO)=C1C. The van der Waals surface area contributed by atoms with Gasteiger partial charge < -0.3 is 10.2 Å². The predicted octanol–water partition coefficient (Wildman–Crippen LogP) is -1.29. The van der Waals surface area contributed by atoms with E-state index in [1.165, 1.54) is 6.92 Å². The highest BCUT2D eigenvalue weighted by Crippen LogP contribution is 2.16. The number of aliphatic hydroxyl groups is 2. The van der Waals surface area contributed by atoms with Crippen molar-refractivity contribution in [1.29, 1.82) is 0 Å². The summed E-state index contributed by atoms with van der Waals surface area (Å²) in [5.74, 6) is 0.497. The molecule has 0 aromatic heterocycles. The first-order valence-corrected chi connectivity index (χ1v) is 5.44. The van der Waals surface area contributed by atoms with Crippen LogP contribution in [0.5, 0.6) is 0 Å². The van der Waals surface area contributed by atoms with Gasteiger partial charge in [0.05, 0.1) is 13.5 Å². The van der Waals surface area contributed by atoms with Gasteiger partial charge in [0.2, 0.25) is 6.54 Å². The molecule has 6 nitrogen and oxygen atoms in total. The largest absolute Gasteiger partial charge is 0.390 e. The first-order valence-electron chi connectivity index (χ1n) is 5.44. The summed E-state index contributed by atoms with van der Waals surface area (Å²) in [5, 5.41) is 18.0. The fraction of sp³-hybridized carbons (Fsp3) is 0.800. The van der Waals surface area contributed by atoms with Gasteiger partial charge >= 0.3 is 11.8 Å². The molecular weight excluding hydrogens is 212 g/mol. The maximum Gasteiger partial charge on any atom is 0.377 e.